The zero-order valence-electron chi connectivity index (χ0n) is 17.7. The molecule has 1 aliphatic heterocycles. The summed E-state index contributed by atoms with van der Waals surface area (Å²) in [5.41, 5.74) is 8.96. The summed E-state index contributed by atoms with van der Waals surface area (Å²) in [4.78, 5) is 15.9. The highest BCUT2D eigenvalue weighted by molar-refractivity contribution is 8.01. The summed E-state index contributed by atoms with van der Waals surface area (Å²) < 4.78 is 12.4. The predicted molar refractivity (Wildman–Crippen MR) is 126 cm³/mol. The van der Waals surface area contributed by atoms with Gasteiger partial charge in [-0.15, -0.1) is 0 Å². The van der Waals surface area contributed by atoms with Crippen LogP contribution in [0.1, 0.15) is 40.2 Å². The Kier molecular flexibility index (Phi) is 5.76. The van der Waals surface area contributed by atoms with Gasteiger partial charge >= 0.3 is 0 Å². The second-order valence-electron chi connectivity index (χ2n) is 8.61. The normalized spacial score (nSPS) is 16.0. The first kappa shape index (κ1) is 20.8. The number of rotatable bonds is 4. The third-order valence-electron chi connectivity index (χ3n) is 6.13. The number of nitrogens with two attached hydrogens (primary N) is 1. The summed E-state index contributed by atoms with van der Waals surface area (Å²) in [6.07, 6.45) is 5.48. The van der Waals surface area contributed by atoms with Crippen LogP contribution in [-0.4, -0.2) is 40.6 Å². The molecule has 1 amide bonds. The standard InChI is InChI=1S/C25H30N2O2S/c1-30(2,29)24-9-8-19-6-7-22(15-23(19)16-24)25(28)27-12-10-20(11-13-27)21-5-3-4-18(14-21)17-26/h3-9,14-16,20,30H,10-13,17,26H2,1-2H3. The molecule has 1 aliphatic rings. The minimum absolute atomic E-state index is 0.0765. The molecule has 0 bridgehead atoms. The molecule has 1 fully saturated rings. The molecule has 30 heavy (non-hydrogen) atoms. The van der Waals surface area contributed by atoms with Gasteiger partial charge in [-0.1, -0.05) is 46.3 Å². The van der Waals surface area contributed by atoms with E-state index in [0.717, 1.165) is 47.2 Å². The van der Waals surface area contributed by atoms with Crippen LogP contribution in [0.5, 0.6) is 0 Å². The molecule has 0 aliphatic carbocycles. The summed E-state index contributed by atoms with van der Waals surface area (Å²) in [5.74, 6) is 0.551. The van der Waals surface area contributed by atoms with Crippen LogP contribution in [0.4, 0.5) is 0 Å². The van der Waals surface area contributed by atoms with E-state index in [-0.39, 0.29) is 5.91 Å². The minimum Gasteiger partial charge on any atom is -0.339 e. The summed E-state index contributed by atoms with van der Waals surface area (Å²) in [5, 5.41) is 2.03. The van der Waals surface area contributed by atoms with Gasteiger partial charge in [0, 0.05) is 30.1 Å². The molecule has 1 saturated heterocycles. The SMILES string of the molecule is C[SH](C)(=O)c1ccc2ccc(C(=O)N3CCC(c4cccc(CN)c4)CC3)cc2c1. The summed E-state index contributed by atoms with van der Waals surface area (Å²) >= 11 is 0. The Morgan fingerprint density at radius 3 is 2.43 bits per heavy atom. The largest absolute Gasteiger partial charge is 0.339 e. The van der Waals surface area contributed by atoms with Crippen LogP contribution in [0.3, 0.4) is 0 Å². The summed E-state index contributed by atoms with van der Waals surface area (Å²) in [6.45, 7) is 2.07. The average Bonchev–Trinajstić information content (AvgIpc) is 2.77. The van der Waals surface area contributed by atoms with Gasteiger partial charge in [-0.2, -0.15) is 0 Å². The zero-order valence-corrected chi connectivity index (χ0v) is 18.6. The van der Waals surface area contributed by atoms with Crippen molar-refractivity contribution in [1.82, 2.24) is 4.90 Å². The summed E-state index contributed by atoms with van der Waals surface area (Å²) in [7, 11) is -2.33. The Labute approximate surface area is 179 Å². The number of piperidine rings is 1. The molecule has 4 rings (SSSR count). The van der Waals surface area contributed by atoms with Crippen molar-refractivity contribution in [3.8, 4) is 0 Å². The summed E-state index contributed by atoms with van der Waals surface area (Å²) in [6, 6.07) is 20.2. The maximum absolute atomic E-state index is 13.1. The number of carbonyl (C=O) groups excluding carboxylic acids is 1. The number of hydrogen-bond donors (Lipinski definition) is 2. The number of carbonyl (C=O) groups is 1. The molecule has 0 aromatic heterocycles. The van der Waals surface area contributed by atoms with Gasteiger partial charge in [0.05, 0.1) is 0 Å². The van der Waals surface area contributed by atoms with Crippen LogP contribution in [0.15, 0.2) is 65.6 Å². The molecule has 1 heterocycles. The lowest BCUT2D eigenvalue weighted by atomic mass is 9.88. The van der Waals surface area contributed by atoms with E-state index < -0.39 is 9.93 Å². The van der Waals surface area contributed by atoms with E-state index in [9.17, 15) is 9.00 Å². The molecule has 0 radical (unpaired) electrons. The van der Waals surface area contributed by atoms with E-state index >= 15 is 0 Å². The van der Waals surface area contributed by atoms with Crippen LogP contribution in [-0.2, 0) is 16.5 Å². The van der Waals surface area contributed by atoms with Gasteiger partial charge in [0.15, 0.2) is 0 Å². The Hall–Kier alpha value is -2.50. The highest BCUT2D eigenvalue weighted by Gasteiger charge is 2.25. The van der Waals surface area contributed by atoms with Gasteiger partial charge in [-0.3, -0.25) is 9.00 Å². The highest BCUT2D eigenvalue weighted by Crippen LogP contribution is 2.30. The van der Waals surface area contributed by atoms with Crippen LogP contribution in [0.2, 0.25) is 0 Å². The number of benzene rings is 3. The first-order valence-corrected chi connectivity index (χ1v) is 13.1. The Morgan fingerprint density at radius 2 is 1.73 bits per heavy atom. The van der Waals surface area contributed by atoms with Crippen molar-refractivity contribution < 1.29 is 9.00 Å². The number of thiol groups is 1. The van der Waals surface area contributed by atoms with E-state index in [1.165, 1.54) is 5.56 Å². The van der Waals surface area contributed by atoms with Crippen LogP contribution >= 0.6 is 0 Å². The van der Waals surface area contributed by atoms with Crippen LogP contribution in [0, 0.1) is 0 Å². The third-order valence-corrected chi connectivity index (χ3v) is 7.65. The fraction of sp³-hybridized carbons (Fsp3) is 0.320. The van der Waals surface area contributed by atoms with E-state index in [1.54, 1.807) is 12.5 Å². The average molecular weight is 423 g/mol. The number of fused-ring (bicyclic) bond motifs is 1. The first-order valence-electron chi connectivity index (χ1n) is 10.5. The molecular formula is C25H30N2O2S. The van der Waals surface area contributed by atoms with Crippen LogP contribution < -0.4 is 5.73 Å². The van der Waals surface area contributed by atoms with E-state index in [1.807, 2.05) is 41.3 Å². The van der Waals surface area contributed by atoms with Crippen molar-refractivity contribution in [1.29, 1.82) is 0 Å². The lowest BCUT2D eigenvalue weighted by molar-refractivity contribution is 0.0713. The maximum Gasteiger partial charge on any atom is 0.253 e. The molecular weight excluding hydrogens is 392 g/mol. The van der Waals surface area contributed by atoms with Gasteiger partial charge < -0.3 is 10.6 Å². The molecule has 0 spiro atoms. The molecule has 0 unspecified atom stereocenters. The third kappa shape index (κ3) is 4.32. The molecule has 3 aromatic rings. The van der Waals surface area contributed by atoms with Crippen molar-refractivity contribution >= 4 is 26.6 Å². The molecule has 5 heteroatoms. The smallest absolute Gasteiger partial charge is 0.253 e. The number of likely N-dealkylation sites (tertiary alicyclic amines) is 1. The number of amides is 1. The second-order valence-corrected chi connectivity index (χ2v) is 11.8. The molecule has 4 nitrogen and oxygen atoms in total. The minimum atomic E-state index is -2.33. The topological polar surface area (TPSA) is 63.4 Å². The zero-order chi connectivity index (χ0) is 21.3. The monoisotopic (exact) mass is 422 g/mol. The van der Waals surface area contributed by atoms with Gasteiger partial charge in [-0.05, 0) is 77.4 Å². The van der Waals surface area contributed by atoms with Gasteiger partial charge in [-0.25, -0.2) is 0 Å². The quantitative estimate of drug-likeness (QED) is 0.626. The molecule has 158 valence electrons. The Bertz CT molecular complexity index is 1130. The lowest BCUT2D eigenvalue weighted by Gasteiger charge is -2.32. The van der Waals surface area contributed by atoms with E-state index in [2.05, 4.69) is 24.3 Å². The van der Waals surface area contributed by atoms with Gasteiger partial charge in [0.1, 0.15) is 0 Å². The molecule has 0 atom stereocenters. The Morgan fingerprint density at radius 1 is 1.00 bits per heavy atom. The highest BCUT2D eigenvalue weighted by atomic mass is 32.2. The van der Waals surface area contributed by atoms with E-state index in [4.69, 9.17) is 5.73 Å². The molecule has 3 aromatic carbocycles. The second kappa shape index (κ2) is 8.32. The Balaban J connectivity index is 1.49. The van der Waals surface area contributed by atoms with Crippen molar-refractivity contribution in [2.24, 2.45) is 5.73 Å². The van der Waals surface area contributed by atoms with Crippen molar-refractivity contribution in [3.05, 3.63) is 77.4 Å². The van der Waals surface area contributed by atoms with Gasteiger partial charge in [0.25, 0.3) is 5.91 Å². The van der Waals surface area contributed by atoms with Crippen molar-refractivity contribution in [3.63, 3.8) is 0 Å². The van der Waals surface area contributed by atoms with Crippen molar-refractivity contribution in [2.75, 3.05) is 25.6 Å². The fourth-order valence-corrected chi connectivity index (χ4v) is 5.16. The molecule has 0 saturated carbocycles. The lowest BCUT2D eigenvalue weighted by Crippen LogP contribution is -2.37. The van der Waals surface area contributed by atoms with Crippen LogP contribution in [0.25, 0.3) is 10.8 Å². The predicted octanol–water partition coefficient (Wildman–Crippen LogP) is 3.95. The first-order chi connectivity index (χ1) is 14.3. The van der Waals surface area contributed by atoms with Crippen molar-refractivity contribution in [2.45, 2.75) is 30.2 Å². The van der Waals surface area contributed by atoms with E-state index in [0.29, 0.717) is 18.0 Å². The number of nitrogens with zero attached hydrogens (tertiary/aromatic N) is 1. The maximum atomic E-state index is 13.1. The fourth-order valence-electron chi connectivity index (χ4n) is 4.27. The van der Waals surface area contributed by atoms with Gasteiger partial charge in [0.2, 0.25) is 0 Å². The molecule has 2 N–H and O–H groups in total. The number of hydrogen-bond acceptors (Lipinski definition) is 3.